The molecule has 104 valence electrons. The zero-order chi connectivity index (χ0) is 14.0. The molecular weight excluding hydrogens is 236 g/mol. The van der Waals surface area contributed by atoms with Gasteiger partial charge in [0.25, 0.3) is 0 Å². The second-order valence-corrected chi connectivity index (χ2v) is 6.05. The molecule has 19 heavy (non-hydrogen) atoms. The van der Waals surface area contributed by atoms with Crippen LogP contribution in [0.3, 0.4) is 0 Å². The highest BCUT2D eigenvalue weighted by molar-refractivity contribution is 5.76. The molecule has 1 heterocycles. The average Bonchev–Trinajstić information content (AvgIpc) is 2.70. The van der Waals surface area contributed by atoms with Crippen molar-refractivity contribution in [1.29, 1.82) is 0 Å². The topological polar surface area (TPSA) is 55.9 Å². The number of imidazole rings is 1. The van der Waals surface area contributed by atoms with E-state index in [9.17, 15) is 0 Å². The van der Waals surface area contributed by atoms with Gasteiger partial charge in [0.05, 0.1) is 17.4 Å². The molecule has 0 aliphatic rings. The van der Waals surface area contributed by atoms with E-state index in [0.29, 0.717) is 0 Å². The first-order valence-electron chi connectivity index (χ1n) is 6.78. The lowest BCUT2D eigenvalue weighted by molar-refractivity contribution is 0.459. The maximum atomic E-state index is 5.76. The Morgan fingerprint density at radius 2 is 2.16 bits per heavy atom. The molecule has 0 bridgehead atoms. The minimum absolute atomic E-state index is 0.0700. The second kappa shape index (κ2) is 5.31. The Morgan fingerprint density at radius 1 is 1.42 bits per heavy atom. The van der Waals surface area contributed by atoms with E-state index < -0.39 is 0 Å². The Balaban J connectivity index is 2.17. The van der Waals surface area contributed by atoms with Crippen LogP contribution in [0.25, 0.3) is 11.0 Å². The number of nitrogens with one attached hydrogen (secondary N) is 1. The Morgan fingerprint density at radius 3 is 2.84 bits per heavy atom. The molecule has 1 aromatic heterocycles. The van der Waals surface area contributed by atoms with Crippen molar-refractivity contribution >= 4 is 11.0 Å². The molecule has 4 nitrogen and oxygen atoms in total. The Hall–Kier alpha value is -1.39. The summed E-state index contributed by atoms with van der Waals surface area (Å²) < 4.78 is 2.04. The molecule has 0 aliphatic carbocycles. The van der Waals surface area contributed by atoms with Crippen LogP contribution in [0.5, 0.6) is 0 Å². The van der Waals surface area contributed by atoms with Crippen molar-refractivity contribution in [2.24, 2.45) is 12.8 Å². The summed E-state index contributed by atoms with van der Waals surface area (Å²) in [6, 6.07) is 6.71. The summed E-state index contributed by atoms with van der Waals surface area (Å²) in [6.07, 6.45) is 1.86. The number of fused-ring (bicyclic) bond motifs is 1. The lowest BCUT2D eigenvalue weighted by atomic mass is 9.84. The first-order chi connectivity index (χ1) is 8.90. The van der Waals surface area contributed by atoms with Crippen molar-refractivity contribution < 1.29 is 0 Å². The fourth-order valence-electron chi connectivity index (χ4n) is 2.27. The van der Waals surface area contributed by atoms with E-state index in [1.165, 1.54) is 11.1 Å². The number of aromatic nitrogens is 2. The Bertz CT molecular complexity index is 554. The van der Waals surface area contributed by atoms with Gasteiger partial charge < -0.3 is 15.6 Å². The van der Waals surface area contributed by atoms with Gasteiger partial charge in [-0.3, -0.25) is 0 Å². The largest absolute Gasteiger partial charge is 0.334 e. The van der Waals surface area contributed by atoms with Gasteiger partial charge in [0.15, 0.2) is 0 Å². The molecule has 0 aliphatic heterocycles. The number of hydrogen-bond acceptors (Lipinski definition) is 3. The van der Waals surface area contributed by atoms with Crippen molar-refractivity contribution in [2.75, 3.05) is 13.1 Å². The van der Waals surface area contributed by atoms with Crippen molar-refractivity contribution in [3.8, 4) is 0 Å². The zero-order valence-corrected chi connectivity index (χ0v) is 12.3. The Kier molecular flexibility index (Phi) is 3.92. The van der Waals surface area contributed by atoms with Crippen molar-refractivity contribution in [3.63, 3.8) is 0 Å². The number of aryl methyl sites for hydroxylation is 1. The van der Waals surface area contributed by atoms with Crippen LogP contribution in [-0.2, 0) is 12.5 Å². The zero-order valence-electron chi connectivity index (χ0n) is 12.3. The number of hydrogen-bond donors (Lipinski definition) is 2. The molecule has 1 unspecified atom stereocenters. The van der Waals surface area contributed by atoms with Crippen LogP contribution in [0, 0.1) is 0 Å². The fourth-order valence-corrected chi connectivity index (χ4v) is 2.27. The highest BCUT2D eigenvalue weighted by Gasteiger charge is 2.21. The van der Waals surface area contributed by atoms with Gasteiger partial charge in [-0.1, -0.05) is 19.9 Å². The van der Waals surface area contributed by atoms with Crippen LogP contribution >= 0.6 is 0 Å². The first kappa shape index (κ1) is 14.0. The summed E-state index contributed by atoms with van der Waals surface area (Å²) in [5, 5.41) is 3.43. The van der Waals surface area contributed by atoms with Crippen molar-refractivity contribution in [2.45, 2.75) is 32.2 Å². The second-order valence-electron chi connectivity index (χ2n) is 6.05. The summed E-state index contributed by atoms with van der Waals surface area (Å²) in [4.78, 5) is 4.42. The lowest BCUT2D eigenvalue weighted by Gasteiger charge is -2.26. The quantitative estimate of drug-likeness (QED) is 0.861. The van der Waals surface area contributed by atoms with E-state index in [-0.39, 0.29) is 11.5 Å². The third-order valence-corrected chi connectivity index (χ3v) is 3.54. The molecule has 0 spiro atoms. The lowest BCUT2D eigenvalue weighted by Crippen LogP contribution is -2.38. The standard InChI is InChI=1S/C15H24N4/c1-11(16)8-17-9-15(2,3)12-5-6-14-13(7-12)18-10-19(14)4/h5-7,10-11,17H,8-9,16H2,1-4H3. The maximum Gasteiger partial charge on any atom is 0.0955 e. The smallest absolute Gasteiger partial charge is 0.0955 e. The van der Waals surface area contributed by atoms with Crippen LogP contribution in [-0.4, -0.2) is 28.7 Å². The third-order valence-electron chi connectivity index (χ3n) is 3.54. The van der Waals surface area contributed by atoms with Crippen LogP contribution in [0.2, 0.25) is 0 Å². The van der Waals surface area contributed by atoms with Crippen molar-refractivity contribution in [3.05, 3.63) is 30.1 Å². The highest BCUT2D eigenvalue weighted by atomic mass is 15.0. The van der Waals surface area contributed by atoms with Crippen LogP contribution < -0.4 is 11.1 Å². The van der Waals surface area contributed by atoms with E-state index >= 15 is 0 Å². The van der Waals surface area contributed by atoms with Gasteiger partial charge in [0, 0.05) is 31.6 Å². The number of nitrogens with two attached hydrogens (primary N) is 1. The van der Waals surface area contributed by atoms with E-state index in [0.717, 1.165) is 18.6 Å². The molecule has 1 aromatic carbocycles. The maximum absolute atomic E-state index is 5.76. The minimum Gasteiger partial charge on any atom is -0.334 e. The van der Waals surface area contributed by atoms with E-state index in [1.54, 1.807) is 0 Å². The van der Waals surface area contributed by atoms with Gasteiger partial charge in [-0.25, -0.2) is 4.98 Å². The monoisotopic (exact) mass is 260 g/mol. The predicted molar refractivity (Wildman–Crippen MR) is 80.3 cm³/mol. The first-order valence-corrected chi connectivity index (χ1v) is 6.78. The summed E-state index contributed by atoms with van der Waals surface area (Å²) >= 11 is 0. The van der Waals surface area contributed by atoms with Gasteiger partial charge in [-0.15, -0.1) is 0 Å². The van der Waals surface area contributed by atoms with Crippen molar-refractivity contribution in [1.82, 2.24) is 14.9 Å². The summed E-state index contributed by atoms with van der Waals surface area (Å²) in [7, 11) is 2.02. The summed E-state index contributed by atoms with van der Waals surface area (Å²) in [6.45, 7) is 8.25. The van der Waals surface area contributed by atoms with Gasteiger partial charge in [-0.05, 0) is 24.6 Å². The summed E-state index contributed by atoms with van der Waals surface area (Å²) in [5.41, 5.74) is 9.36. The van der Waals surface area contributed by atoms with E-state index in [4.69, 9.17) is 5.73 Å². The van der Waals surface area contributed by atoms with Gasteiger partial charge in [0.1, 0.15) is 0 Å². The van der Waals surface area contributed by atoms with Crippen LogP contribution in [0.1, 0.15) is 26.3 Å². The number of rotatable bonds is 5. The third kappa shape index (κ3) is 3.14. The Labute approximate surface area is 115 Å². The molecular formula is C15H24N4. The van der Waals surface area contributed by atoms with E-state index in [1.807, 2.05) is 24.9 Å². The molecule has 3 N–H and O–H groups in total. The fraction of sp³-hybridized carbons (Fsp3) is 0.533. The molecule has 0 radical (unpaired) electrons. The summed E-state index contributed by atoms with van der Waals surface area (Å²) in [5.74, 6) is 0. The minimum atomic E-state index is 0.0700. The molecule has 2 aromatic rings. The van der Waals surface area contributed by atoms with Gasteiger partial charge in [0.2, 0.25) is 0 Å². The predicted octanol–water partition coefficient (Wildman–Crippen LogP) is 1.79. The number of benzene rings is 1. The number of nitrogens with zero attached hydrogens (tertiary/aromatic N) is 2. The SMILES string of the molecule is CC(N)CNCC(C)(C)c1ccc2c(c1)ncn2C. The van der Waals surface area contributed by atoms with Gasteiger partial charge in [-0.2, -0.15) is 0 Å². The molecule has 0 fully saturated rings. The van der Waals surface area contributed by atoms with Gasteiger partial charge >= 0.3 is 0 Å². The molecule has 0 saturated carbocycles. The molecule has 0 amide bonds. The van der Waals surface area contributed by atoms with E-state index in [2.05, 4.69) is 42.3 Å². The van der Waals surface area contributed by atoms with Crippen LogP contribution in [0.4, 0.5) is 0 Å². The average molecular weight is 260 g/mol. The highest BCUT2D eigenvalue weighted by Crippen LogP contribution is 2.25. The molecule has 2 rings (SSSR count). The molecule has 4 heteroatoms. The molecule has 0 saturated heterocycles. The molecule has 1 atom stereocenters. The van der Waals surface area contributed by atoms with Crippen LogP contribution in [0.15, 0.2) is 24.5 Å². The normalized spacial score (nSPS) is 13.9.